The lowest BCUT2D eigenvalue weighted by molar-refractivity contribution is -0.139. The van der Waals surface area contributed by atoms with Crippen molar-refractivity contribution in [2.75, 3.05) is 6.54 Å². The number of halogens is 1. The Morgan fingerprint density at radius 2 is 1.47 bits per heavy atom. The number of hydrogen-bond donors (Lipinski definition) is 1. The van der Waals surface area contributed by atoms with Crippen molar-refractivity contribution in [3.8, 4) is 0 Å². The largest absolute Gasteiger partial charge is 0.507 e. The van der Waals surface area contributed by atoms with E-state index in [-0.39, 0.29) is 11.3 Å². The smallest absolute Gasteiger partial charge is 0.295 e. The van der Waals surface area contributed by atoms with Gasteiger partial charge in [0.2, 0.25) is 0 Å². The molecule has 1 amide bonds. The lowest BCUT2D eigenvalue weighted by Crippen LogP contribution is -2.31. The van der Waals surface area contributed by atoms with Crippen LogP contribution in [0.1, 0.15) is 22.7 Å². The molecule has 1 fully saturated rings. The molecule has 0 aliphatic carbocycles. The lowest BCUT2D eigenvalue weighted by Gasteiger charge is -2.25. The standard InChI is InChI=1S/C25H20ClNO3/c26-20-13-11-18(12-14-20)22-21(23(28)19-9-5-2-6-10-19)24(29)25(30)27(22)16-15-17-7-3-1-4-8-17/h1-14,22,28H,15-16H2/b23-21-. The molecule has 1 heterocycles. The minimum absolute atomic E-state index is 0.0987. The van der Waals surface area contributed by atoms with Gasteiger partial charge in [-0.3, -0.25) is 9.59 Å². The van der Waals surface area contributed by atoms with Gasteiger partial charge in [-0.1, -0.05) is 84.4 Å². The van der Waals surface area contributed by atoms with Gasteiger partial charge >= 0.3 is 0 Å². The third kappa shape index (κ3) is 3.87. The molecule has 30 heavy (non-hydrogen) atoms. The van der Waals surface area contributed by atoms with E-state index in [2.05, 4.69) is 0 Å². The SMILES string of the molecule is O=C1C(=O)N(CCc2ccccc2)C(c2ccc(Cl)cc2)/C1=C(/O)c1ccccc1. The molecule has 1 N–H and O–H groups in total. The summed E-state index contributed by atoms with van der Waals surface area (Å²) in [5.74, 6) is -1.45. The Balaban J connectivity index is 1.78. The molecule has 0 saturated carbocycles. The summed E-state index contributed by atoms with van der Waals surface area (Å²) in [6, 6.07) is 24.9. The summed E-state index contributed by atoms with van der Waals surface area (Å²) in [4.78, 5) is 27.4. The summed E-state index contributed by atoms with van der Waals surface area (Å²) in [5, 5.41) is 11.5. The Labute approximate surface area is 180 Å². The molecule has 3 aromatic carbocycles. The number of aliphatic hydroxyl groups is 1. The molecule has 1 aliphatic heterocycles. The number of Topliss-reactive ketones (excluding diaryl/α,β-unsaturated/α-hetero) is 1. The Morgan fingerprint density at radius 3 is 2.10 bits per heavy atom. The molecule has 1 atom stereocenters. The maximum Gasteiger partial charge on any atom is 0.295 e. The number of benzene rings is 3. The van der Waals surface area contributed by atoms with Crippen LogP contribution in [0.5, 0.6) is 0 Å². The second kappa shape index (κ2) is 8.56. The number of aliphatic hydroxyl groups excluding tert-OH is 1. The van der Waals surface area contributed by atoms with Crippen LogP contribution in [0.15, 0.2) is 90.5 Å². The summed E-state index contributed by atoms with van der Waals surface area (Å²) in [5.41, 5.74) is 2.39. The maximum absolute atomic E-state index is 13.0. The molecule has 0 radical (unpaired) electrons. The maximum atomic E-state index is 13.0. The van der Waals surface area contributed by atoms with E-state index in [1.807, 2.05) is 36.4 Å². The average Bonchev–Trinajstić information content (AvgIpc) is 3.04. The first-order valence-corrected chi connectivity index (χ1v) is 10.1. The first-order chi connectivity index (χ1) is 14.6. The number of carbonyl (C=O) groups excluding carboxylic acids is 2. The van der Waals surface area contributed by atoms with Gasteiger partial charge in [-0.05, 0) is 29.7 Å². The monoisotopic (exact) mass is 417 g/mol. The summed E-state index contributed by atoms with van der Waals surface area (Å²) < 4.78 is 0. The summed E-state index contributed by atoms with van der Waals surface area (Å²) >= 11 is 6.04. The molecule has 1 saturated heterocycles. The highest BCUT2D eigenvalue weighted by molar-refractivity contribution is 6.46. The van der Waals surface area contributed by atoms with Crippen molar-refractivity contribution in [1.82, 2.24) is 4.90 Å². The van der Waals surface area contributed by atoms with Crippen LogP contribution >= 0.6 is 11.6 Å². The number of ketones is 1. The highest BCUT2D eigenvalue weighted by Crippen LogP contribution is 2.39. The Hall–Kier alpha value is -3.37. The molecule has 1 aliphatic rings. The number of amides is 1. The Bertz CT molecular complexity index is 1090. The molecule has 1 unspecified atom stereocenters. The van der Waals surface area contributed by atoms with Crippen LogP contribution in [0.3, 0.4) is 0 Å². The van der Waals surface area contributed by atoms with Gasteiger partial charge in [0.15, 0.2) is 0 Å². The highest BCUT2D eigenvalue weighted by Gasteiger charge is 2.45. The molecule has 4 rings (SSSR count). The quantitative estimate of drug-likeness (QED) is 0.361. The number of carbonyl (C=O) groups is 2. The van der Waals surface area contributed by atoms with Crippen molar-refractivity contribution >= 4 is 29.1 Å². The Kier molecular flexibility index (Phi) is 5.68. The fourth-order valence-electron chi connectivity index (χ4n) is 3.75. The van der Waals surface area contributed by atoms with E-state index < -0.39 is 17.7 Å². The minimum atomic E-state index is -0.677. The number of rotatable bonds is 5. The van der Waals surface area contributed by atoms with Crippen molar-refractivity contribution in [2.24, 2.45) is 0 Å². The Morgan fingerprint density at radius 1 is 0.867 bits per heavy atom. The van der Waals surface area contributed by atoms with Crippen molar-refractivity contribution in [3.05, 3.63) is 112 Å². The molecule has 0 spiro atoms. The van der Waals surface area contributed by atoms with Gasteiger partial charge in [-0.15, -0.1) is 0 Å². The zero-order valence-corrected chi connectivity index (χ0v) is 16.9. The van der Waals surface area contributed by atoms with Crippen LogP contribution in [0, 0.1) is 0 Å². The lowest BCUT2D eigenvalue weighted by atomic mass is 9.95. The van der Waals surface area contributed by atoms with E-state index in [1.54, 1.807) is 48.5 Å². The van der Waals surface area contributed by atoms with Crippen molar-refractivity contribution in [2.45, 2.75) is 12.5 Å². The third-order valence-corrected chi connectivity index (χ3v) is 5.51. The van der Waals surface area contributed by atoms with Gasteiger partial charge in [0.05, 0.1) is 11.6 Å². The van der Waals surface area contributed by atoms with Gasteiger partial charge in [0, 0.05) is 17.1 Å². The van der Waals surface area contributed by atoms with E-state index in [4.69, 9.17) is 11.6 Å². The third-order valence-electron chi connectivity index (χ3n) is 5.26. The van der Waals surface area contributed by atoms with Gasteiger partial charge < -0.3 is 10.0 Å². The predicted molar refractivity (Wildman–Crippen MR) is 117 cm³/mol. The van der Waals surface area contributed by atoms with Crippen molar-refractivity contribution in [3.63, 3.8) is 0 Å². The van der Waals surface area contributed by atoms with E-state index >= 15 is 0 Å². The second-order valence-electron chi connectivity index (χ2n) is 7.15. The fourth-order valence-corrected chi connectivity index (χ4v) is 3.87. The van der Waals surface area contributed by atoms with Crippen LogP contribution in [0.25, 0.3) is 5.76 Å². The van der Waals surface area contributed by atoms with Crippen LogP contribution in [-0.2, 0) is 16.0 Å². The van der Waals surface area contributed by atoms with Crippen LogP contribution in [0.2, 0.25) is 5.02 Å². The zero-order chi connectivity index (χ0) is 21.1. The molecular formula is C25H20ClNO3. The summed E-state index contributed by atoms with van der Waals surface area (Å²) in [6.45, 7) is 0.355. The van der Waals surface area contributed by atoms with Gasteiger partial charge in [-0.25, -0.2) is 0 Å². The molecule has 4 nitrogen and oxygen atoms in total. The normalized spacial score (nSPS) is 18.0. The van der Waals surface area contributed by atoms with Gasteiger partial charge in [0.1, 0.15) is 5.76 Å². The molecule has 0 bridgehead atoms. The first kappa shape index (κ1) is 19.9. The highest BCUT2D eigenvalue weighted by atomic mass is 35.5. The molecule has 5 heteroatoms. The van der Waals surface area contributed by atoms with Crippen LogP contribution in [-0.4, -0.2) is 28.2 Å². The summed E-state index contributed by atoms with van der Waals surface area (Å²) in [7, 11) is 0. The molecular weight excluding hydrogens is 398 g/mol. The minimum Gasteiger partial charge on any atom is -0.507 e. The van der Waals surface area contributed by atoms with Crippen LogP contribution < -0.4 is 0 Å². The fraction of sp³-hybridized carbons (Fsp3) is 0.120. The topological polar surface area (TPSA) is 57.6 Å². The predicted octanol–water partition coefficient (Wildman–Crippen LogP) is 5.00. The molecule has 3 aromatic rings. The molecule has 150 valence electrons. The number of nitrogens with zero attached hydrogens (tertiary/aromatic N) is 1. The zero-order valence-electron chi connectivity index (χ0n) is 16.2. The number of likely N-dealkylation sites (tertiary alicyclic amines) is 1. The van der Waals surface area contributed by atoms with E-state index in [9.17, 15) is 14.7 Å². The van der Waals surface area contributed by atoms with Gasteiger partial charge in [0.25, 0.3) is 11.7 Å². The van der Waals surface area contributed by atoms with Gasteiger partial charge in [-0.2, -0.15) is 0 Å². The van der Waals surface area contributed by atoms with E-state index in [0.29, 0.717) is 23.6 Å². The van der Waals surface area contributed by atoms with Crippen LogP contribution in [0.4, 0.5) is 0 Å². The van der Waals surface area contributed by atoms with Crippen molar-refractivity contribution in [1.29, 1.82) is 0 Å². The van der Waals surface area contributed by atoms with E-state index in [0.717, 1.165) is 11.1 Å². The first-order valence-electron chi connectivity index (χ1n) is 9.69. The summed E-state index contributed by atoms with van der Waals surface area (Å²) in [6.07, 6.45) is 0.601. The van der Waals surface area contributed by atoms with Crippen molar-refractivity contribution < 1.29 is 14.7 Å². The molecule has 0 aromatic heterocycles. The second-order valence-corrected chi connectivity index (χ2v) is 7.58. The van der Waals surface area contributed by atoms with E-state index in [1.165, 1.54) is 4.90 Å². The average molecular weight is 418 g/mol. The number of hydrogen-bond acceptors (Lipinski definition) is 3.